The fourth-order valence-corrected chi connectivity index (χ4v) is 7.10. The van der Waals surface area contributed by atoms with Crippen molar-refractivity contribution in [3.05, 3.63) is 110 Å². The van der Waals surface area contributed by atoms with E-state index in [0.717, 1.165) is 54.6 Å². The maximum absolute atomic E-state index is 14.1. The molecule has 0 aliphatic carbocycles. The van der Waals surface area contributed by atoms with Gasteiger partial charge in [-0.15, -0.1) is 0 Å². The molecule has 10 heteroatoms. The van der Waals surface area contributed by atoms with Crippen molar-refractivity contribution in [3.8, 4) is 0 Å². The lowest BCUT2D eigenvalue weighted by molar-refractivity contribution is -0.133. The third-order valence-corrected chi connectivity index (χ3v) is 10.2. The van der Waals surface area contributed by atoms with E-state index in [2.05, 4.69) is 36.2 Å². The standard InChI is InChI=1S/C40H45ClN4O5/c1-3-4-8-27(2)29-14-17-36-32(24-29)35(46)25-37(50-36)39(48)42-33(23-28-12-15-31(41)16-13-28)40(49)44-21-19-43(20-22-44)34-10-6-5-9-30(34)26-45-18-7-11-38(45)47/h5-6,9-10,12-17,24-25,27,33H,3-4,7-8,11,18-23,26H2,1-2H3,(H,42,48)/t27?,33-/m0/s1. The second-order valence-corrected chi connectivity index (χ2v) is 13.9. The fourth-order valence-electron chi connectivity index (χ4n) is 6.97. The third-order valence-electron chi connectivity index (χ3n) is 9.95. The molecule has 262 valence electrons. The molecule has 2 aliphatic rings. The summed E-state index contributed by atoms with van der Waals surface area (Å²) >= 11 is 6.13. The monoisotopic (exact) mass is 696 g/mol. The second kappa shape index (κ2) is 15.9. The number of anilines is 1. The number of carbonyl (C=O) groups is 3. The Kier molecular flexibility index (Phi) is 11.2. The molecule has 0 bridgehead atoms. The summed E-state index contributed by atoms with van der Waals surface area (Å²) in [6, 6.07) is 21.2. The van der Waals surface area contributed by atoms with E-state index >= 15 is 0 Å². The molecular weight excluding hydrogens is 652 g/mol. The minimum absolute atomic E-state index is 0.138. The highest BCUT2D eigenvalue weighted by Crippen LogP contribution is 2.27. The third kappa shape index (κ3) is 8.21. The van der Waals surface area contributed by atoms with Crippen molar-refractivity contribution in [3.63, 3.8) is 0 Å². The minimum Gasteiger partial charge on any atom is -0.451 e. The zero-order valence-electron chi connectivity index (χ0n) is 28.8. The van der Waals surface area contributed by atoms with Crippen LogP contribution in [0.25, 0.3) is 11.0 Å². The number of piperazine rings is 1. The number of carbonyl (C=O) groups excluding carboxylic acids is 3. The first-order chi connectivity index (χ1) is 24.2. The lowest BCUT2D eigenvalue weighted by Gasteiger charge is -2.38. The summed E-state index contributed by atoms with van der Waals surface area (Å²) in [5.41, 5.74) is 4.09. The van der Waals surface area contributed by atoms with Crippen LogP contribution in [-0.2, 0) is 22.6 Å². The molecule has 2 fully saturated rings. The summed E-state index contributed by atoms with van der Waals surface area (Å²) in [6.07, 6.45) is 4.97. The number of likely N-dealkylation sites (tertiary alicyclic amines) is 1. The largest absolute Gasteiger partial charge is 0.451 e. The molecule has 0 spiro atoms. The molecule has 0 saturated carbocycles. The van der Waals surface area contributed by atoms with Crippen molar-refractivity contribution in [2.24, 2.45) is 0 Å². The lowest BCUT2D eigenvalue weighted by Crippen LogP contribution is -2.55. The van der Waals surface area contributed by atoms with E-state index in [4.69, 9.17) is 16.0 Å². The van der Waals surface area contributed by atoms with Crippen LogP contribution in [0.1, 0.15) is 79.1 Å². The van der Waals surface area contributed by atoms with Crippen LogP contribution in [0.2, 0.25) is 5.02 Å². The molecule has 3 heterocycles. The number of nitrogens with zero attached hydrogens (tertiary/aromatic N) is 3. The molecule has 6 rings (SSSR count). The number of amides is 3. The molecular formula is C40H45ClN4O5. The van der Waals surface area contributed by atoms with Crippen molar-refractivity contribution < 1.29 is 18.8 Å². The molecule has 2 saturated heterocycles. The zero-order valence-corrected chi connectivity index (χ0v) is 29.6. The Morgan fingerprint density at radius 3 is 2.42 bits per heavy atom. The van der Waals surface area contributed by atoms with Crippen LogP contribution in [0.15, 0.2) is 82.0 Å². The van der Waals surface area contributed by atoms with E-state index in [9.17, 15) is 19.2 Å². The van der Waals surface area contributed by atoms with Gasteiger partial charge < -0.3 is 24.4 Å². The number of hydrogen-bond donors (Lipinski definition) is 1. The van der Waals surface area contributed by atoms with Crippen molar-refractivity contribution >= 4 is 46.0 Å². The van der Waals surface area contributed by atoms with E-state index < -0.39 is 11.9 Å². The number of unbranched alkanes of at least 4 members (excludes halogenated alkanes) is 1. The smallest absolute Gasteiger partial charge is 0.287 e. The first kappa shape index (κ1) is 35.2. The average molecular weight is 697 g/mol. The Bertz CT molecular complexity index is 1900. The molecule has 3 amide bonds. The number of fused-ring (bicyclic) bond motifs is 1. The number of hydrogen-bond acceptors (Lipinski definition) is 6. The molecule has 1 N–H and O–H groups in total. The van der Waals surface area contributed by atoms with Gasteiger partial charge in [0, 0.05) is 68.9 Å². The summed E-state index contributed by atoms with van der Waals surface area (Å²) in [4.78, 5) is 59.2. The average Bonchev–Trinajstić information content (AvgIpc) is 3.54. The lowest BCUT2D eigenvalue weighted by atomic mass is 9.94. The van der Waals surface area contributed by atoms with Gasteiger partial charge in [0.25, 0.3) is 5.91 Å². The van der Waals surface area contributed by atoms with E-state index in [1.165, 1.54) is 6.07 Å². The van der Waals surface area contributed by atoms with Crippen molar-refractivity contribution in [2.75, 3.05) is 37.6 Å². The van der Waals surface area contributed by atoms with Crippen molar-refractivity contribution in [1.82, 2.24) is 15.1 Å². The summed E-state index contributed by atoms with van der Waals surface area (Å²) in [7, 11) is 0. The quantitative estimate of drug-likeness (QED) is 0.180. The number of rotatable bonds is 12. The highest BCUT2D eigenvalue weighted by molar-refractivity contribution is 6.30. The molecule has 2 atom stereocenters. The first-order valence-corrected chi connectivity index (χ1v) is 18.1. The van der Waals surface area contributed by atoms with E-state index in [-0.39, 0.29) is 29.4 Å². The van der Waals surface area contributed by atoms with Crippen LogP contribution < -0.4 is 15.6 Å². The Morgan fingerprint density at radius 2 is 1.70 bits per heavy atom. The minimum atomic E-state index is -0.897. The van der Waals surface area contributed by atoms with E-state index in [0.29, 0.717) is 61.1 Å². The van der Waals surface area contributed by atoms with Gasteiger partial charge in [-0.3, -0.25) is 19.2 Å². The second-order valence-electron chi connectivity index (χ2n) is 13.5. The highest BCUT2D eigenvalue weighted by atomic mass is 35.5. The molecule has 1 aromatic heterocycles. The van der Waals surface area contributed by atoms with Gasteiger partial charge >= 0.3 is 0 Å². The maximum atomic E-state index is 14.1. The van der Waals surface area contributed by atoms with E-state index in [1.807, 2.05) is 41.3 Å². The number of nitrogens with one attached hydrogen (secondary N) is 1. The molecule has 50 heavy (non-hydrogen) atoms. The Morgan fingerprint density at radius 1 is 0.940 bits per heavy atom. The predicted molar refractivity (Wildman–Crippen MR) is 197 cm³/mol. The molecule has 9 nitrogen and oxygen atoms in total. The van der Waals surface area contributed by atoms with Gasteiger partial charge in [-0.05, 0) is 65.8 Å². The topological polar surface area (TPSA) is 103 Å². The molecule has 0 radical (unpaired) electrons. The normalized spacial score (nSPS) is 16.1. The Balaban J connectivity index is 1.17. The van der Waals surface area contributed by atoms with Gasteiger partial charge in [0.1, 0.15) is 11.6 Å². The summed E-state index contributed by atoms with van der Waals surface area (Å²) in [5.74, 6) is -0.480. The number of benzene rings is 3. The highest BCUT2D eigenvalue weighted by Gasteiger charge is 2.31. The summed E-state index contributed by atoms with van der Waals surface area (Å²) in [5, 5.41) is 3.90. The Labute approximate surface area is 298 Å². The maximum Gasteiger partial charge on any atom is 0.287 e. The molecule has 1 unspecified atom stereocenters. The van der Waals surface area contributed by atoms with E-state index in [1.54, 1.807) is 23.1 Å². The van der Waals surface area contributed by atoms with Gasteiger partial charge in [-0.1, -0.05) is 74.7 Å². The van der Waals surface area contributed by atoms with Crippen LogP contribution >= 0.6 is 11.6 Å². The Hall–Kier alpha value is -4.63. The SMILES string of the molecule is CCCCC(C)c1ccc2oc(C(=O)N[C@@H](Cc3ccc(Cl)cc3)C(=O)N3CCN(c4ccccc4CN4CCCC4=O)CC3)cc(=O)c2c1. The van der Waals surface area contributed by atoms with Crippen LogP contribution in [0.5, 0.6) is 0 Å². The van der Waals surface area contributed by atoms with Gasteiger partial charge in [0.15, 0.2) is 11.2 Å². The van der Waals surface area contributed by atoms with Gasteiger partial charge in [-0.2, -0.15) is 0 Å². The van der Waals surface area contributed by atoms with Crippen LogP contribution in [0.3, 0.4) is 0 Å². The number of halogens is 1. The first-order valence-electron chi connectivity index (χ1n) is 17.7. The van der Waals surface area contributed by atoms with Crippen LogP contribution in [0.4, 0.5) is 5.69 Å². The van der Waals surface area contributed by atoms with Gasteiger partial charge in [0.05, 0.1) is 5.39 Å². The fraction of sp³-hybridized carbons (Fsp3) is 0.400. The van der Waals surface area contributed by atoms with Crippen LogP contribution in [-0.4, -0.2) is 66.3 Å². The zero-order chi connectivity index (χ0) is 35.2. The van der Waals surface area contributed by atoms with Crippen molar-refractivity contribution in [2.45, 2.75) is 70.9 Å². The van der Waals surface area contributed by atoms with Crippen molar-refractivity contribution in [1.29, 1.82) is 0 Å². The van der Waals surface area contributed by atoms with Gasteiger partial charge in [-0.25, -0.2) is 0 Å². The van der Waals surface area contributed by atoms with Crippen LogP contribution in [0, 0.1) is 0 Å². The molecule has 3 aromatic carbocycles. The number of para-hydroxylation sites is 1. The summed E-state index contributed by atoms with van der Waals surface area (Å²) in [6.45, 7) is 7.81. The summed E-state index contributed by atoms with van der Waals surface area (Å²) < 4.78 is 5.96. The predicted octanol–water partition coefficient (Wildman–Crippen LogP) is 6.55. The van der Waals surface area contributed by atoms with Gasteiger partial charge in [0.2, 0.25) is 11.8 Å². The molecule has 2 aliphatic heterocycles. The molecule has 4 aromatic rings.